The van der Waals surface area contributed by atoms with Crippen molar-refractivity contribution in [3.63, 3.8) is 0 Å². The maximum absolute atomic E-state index is 12.1. The summed E-state index contributed by atoms with van der Waals surface area (Å²) < 4.78 is 7.41. The number of hydrogen-bond donors (Lipinski definition) is 2. The Labute approximate surface area is 183 Å². The first-order chi connectivity index (χ1) is 12.9. The summed E-state index contributed by atoms with van der Waals surface area (Å²) in [6, 6.07) is 16.8. The number of hydrogen-bond acceptors (Lipinski definition) is 3. The quantitative estimate of drug-likeness (QED) is 0.414. The van der Waals surface area contributed by atoms with Crippen molar-refractivity contribution in [1.82, 2.24) is 5.32 Å². The van der Waals surface area contributed by atoms with E-state index in [4.69, 9.17) is 28.6 Å². The van der Waals surface area contributed by atoms with Crippen LogP contribution >= 0.6 is 55.7 Å². The lowest BCUT2D eigenvalue weighted by molar-refractivity contribution is -0.121. The second-order valence-electron chi connectivity index (χ2n) is 5.51. The molecule has 0 aliphatic rings. The SMILES string of the molecule is O=C(COc1ccc2cc(Br)ccc2c1Br)NC(=S)Nc1ccccc1Cl. The highest BCUT2D eigenvalue weighted by Gasteiger charge is 2.11. The molecule has 0 saturated carbocycles. The lowest BCUT2D eigenvalue weighted by Crippen LogP contribution is -2.37. The monoisotopic (exact) mass is 526 g/mol. The molecule has 0 radical (unpaired) electrons. The number of carbonyl (C=O) groups is 1. The summed E-state index contributed by atoms with van der Waals surface area (Å²) in [6.45, 7) is -0.176. The fourth-order valence-electron chi connectivity index (χ4n) is 2.38. The molecule has 0 bridgehead atoms. The number of thiocarbonyl (C=S) groups is 1. The van der Waals surface area contributed by atoms with E-state index in [1.165, 1.54) is 0 Å². The van der Waals surface area contributed by atoms with Crippen LogP contribution in [0.15, 0.2) is 63.5 Å². The predicted octanol–water partition coefficient (Wildman–Crippen LogP) is 5.91. The molecular weight excluding hydrogens is 516 g/mol. The van der Waals surface area contributed by atoms with Crippen LogP contribution in [0, 0.1) is 0 Å². The van der Waals surface area contributed by atoms with Crippen LogP contribution in [-0.4, -0.2) is 17.6 Å². The van der Waals surface area contributed by atoms with Crippen LogP contribution in [0.3, 0.4) is 0 Å². The standard InChI is InChI=1S/C19H13Br2ClN2O2S/c20-12-6-7-13-11(9-12)5-8-16(18(13)21)26-10-17(25)24-19(27)23-15-4-2-1-3-14(15)22/h1-9H,10H2,(H2,23,24,25,27). The third kappa shape index (κ3) is 5.19. The highest BCUT2D eigenvalue weighted by molar-refractivity contribution is 9.11. The second-order valence-corrected chi connectivity index (χ2v) is 8.04. The van der Waals surface area contributed by atoms with Crippen molar-refractivity contribution >= 4 is 83.2 Å². The normalized spacial score (nSPS) is 10.5. The minimum absolute atomic E-state index is 0.152. The van der Waals surface area contributed by atoms with Gasteiger partial charge in [0.1, 0.15) is 5.75 Å². The van der Waals surface area contributed by atoms with Gasteiger partial charge in [-0.05, 0) is 69.3 Å². The van der Waals surface area contributed by atoms with Crippen molar-refractivity contribution in [2.75, 3.05) is 11.9 Å². The summed E-state index contributed by atoms with van der Waals surface area (Å²) in [5.74, 6) is 0.201. The van der Waals surface area contributed by atoms with Crippen molar-refractivity contribution in [2.24, 2.45) is 0 Å². The Morgan fingerprint density at radius 3 is 2.67 bits per heavy atom. The molecule has 3 rings (SSSR count). The van der Waals surface area contributed by atoms with Crippen molar-refractivity contribution in [3.8, 4) is 5.75 Å². The molecule has 3 aromatic carbocycles. The minimum Gasteiger partial charge on any atom is -0.483 e. The van der Waals surface area contributed by atoms with E-state index in [0.29, 0.717) is 16.5 Å². The Hall–Kier alpha value is -1.67. The van der Waals surface area contributed by atoms with E-state index >= 15 is 0 Å². The van der Waals surface area contributed by atoms with E-state index in [-0.39, 0.29) is 17.6 Å². The number of rotatable bonds is 4. The van der Waals surface area contributed by atoms with Crippen molar-refractivity contribution in [1.29, 1.82) is 0 Å². The van der Waals surface area contributed by atoms with Crippen molar-refractivity contribution in [2.45, 2.75) is 0 Å². The van der Waals surface area contributed by atoms with Crippen molar-refractivity contribution in [3.05, 3.63) is 68.6 Å². The Morgan fingerprint density at radius 2 is 1.89 bits per heavy atom. The molecule has 0 atom stereocenters. The zero-order valence-corrected chi connectivity index (χ0v) is 18.5. The zero-order valence-electron chi connectivity index (χ0n) is 13.8. The topological polar surface area (TPSA) is 50.4 Å². The van der Waals surface area contributed by atoms with Crippen LogP contribution in [0.1, 0.15) is 0 Å². The minimum atomic E-state index is -0.373. The third-order valence-corrected chi connectivity index (χ3v) is 5.46. The Bertz CT molecular complexity index is 1030. The second kappa shape index (κ2) is 9.01. The Morgan fingerprint density at radius 1 is 1.11 bits per heavy atom. The fourth-order valence-corrected chi connectivity index (χ4v) is 3.77. The van der Waals surface area contributed by atoms with Gasteiger partial charge in [0.2, 0.25) is 0 Å². The van der Waals surface area contributed by atoms with Gasteiger partial charge in [-0.15, -0.1) is 0 Å². The first-order valence-electron chi connectivity index (χ1n) is 7.80. The molecule has 2 N–H and O–H groups in total. The van der Waals surface area contributed by atoms with E-state index < -0.39 is 0 Å². The molecule has 0 aliphatic carbocycles. The van der Waals surface area contributed by atoms with Crippen LogP contribution in [0.4, 0.5) is 5.69 Å². The molecule has 0 heterocycles. The van der Waals surface area contributed by atoms with E-state index in [2.05, 4.69) is 42.5 Å². The van der Waals surface area contributed by atoms with Crippen LogP contribution < -0.4 is 15.4 Å². The van der Waals surface area contributed by atoms with Crippen LogP contribution in [0.25, 0.3) is 10.8 Å². The van der Waals surface area contributed by atoms with Gasteiger partial charge in [0, 0.05) is 4.47 Å². The molecule has 0 aliphatic heterocycles. The number of nitrogens with one attached hydrogen (secondary N) is 2. The summed E-state index contributed by atoms with van der Waals surface area (Å²) in [5.41, 5.74) is 0.619. The predicted molar refractivity (Wildman–Crippen MR) is 121 cm³/mol. The lowest BCUT2D eigenvalue weighted by Gasteiger charge is -2.12. The molecule has 0 saturated heterocycles. The van der Waals surface area contributed by atoms with Gasteiger partial charge in [-0.2, -0.15) is 0 Å². The van der Waals surface area contributed by atoms with Crippen LogP contribution in [0.2, 0.25) is 5.02 Å². The van der Waals surface area contributed by atoms with Gasteiger partial charge >= 0.3 is 0 Å². The summed E-state index contributed by atoms with van der Waals surface area (Å²) >= 11 is 18.2. The van der Waals surface area contributed by atoms with E-state index in [9.17, 15) is 4.79 Å². The molecule has 0 unspecified atom stereocenters. The number of fused-ring (bicyclic) bond motifs is 1. The first kappa shape index (κ1) is 20.1. The molecule has 27 heavy (non-hydrogen) atoms. The van der Waals surface area contributed by atoms with E-state index in [1.54, 1.807) is 12.1 Å². The summed E-state index contributed by atoms with van der Waals surface area (Å²) in [5, 5.41) is 8.15. The smallest absolute Gasteiger partial charge is 0.264 e. The third-order valence-electron chi connectivity index (χ3n) is 3.61. The first-order valence-corrected chi connectivity index (χ1v) is 10.2. The number of amides is 1. The Balaban J connectivity index is 1.60. The zero-order chi connectivity index (χ0) is 19.4. The molecule has 1 amide bonds. The molecule has 138 valence electrons. The largest absolute Gasteiger partial charge is 0.483 e. The Kier molecular flexibility index (Phi) is 6.70. The lowest BCUT2D eigenvalue weighted by atomic mass is 10.1. The van der Waals surface area contributed by atoms with Crippen LogP contribution in [-0.2, 0) is 4.79 Å². The number of halogens is 3. The average Bonchev–Trinajstić information content (AvgIpc) is 2.63. The summed E-state index contributed by atoms with van der Waals surface area (Å²) in [6.07, 6.45) is 0. The molecule has 0 spiro atoms. The summed E-state index contributed by atoms with van der Waals surface area (Å²) in [7, 11) is 0. The molecule has 3 aromatic rings. The van der Waals surface area contributed by atoms with Crippen molar-refractivity contribution < 1.29 is 9.53 Å². The number of ether oxygens (including phenoxy) is 1. The highest BCUT2D eigenvalue weighted by Crippen LogP contribution is 2.34. The average molecular weight is 529 g/mol. The molecule has 0 aromatic heterocycles. The summed E-state index contributed by atoms with van der Waals surface area (Å²) in [4.78, 5) is 12.1. The molecule has 4 nitrogen and oxygen atoms in total. The van der Waals surface area contributed by atoms with Crippen LogP contribution in [0.5, 0.6) is 5.75 Å². The van der Waals surface area contributed by atoms with Gasteiger partial charge in [-0.25, -0.2) is 0 Å². The van der Waals surface area contributed by atoms with E-state index in [0.717, 1.165) is 19.7 Å². The molecular formula is C19H13Br2ClN2O2S. The number of para-hydroxylation sites is 1. The van der Waals surface area contributed by atoms with Gasteiger partial charge in [-0.3, -0.25) is 10.1 Å². The highest BCUT2D eigenvalue weighted by atomic mass is 79.9. The number of benzene rings is 3. The van der Waals surface area contributed by atoms with Gasteiger partial charge in [-0.1, -0.05) is 51.8 Å². The fraction of sp³-hybridized carbons (Fsp3) is 0.0526. The van der Waals surface area contributed by atoms with Gasteiger partial charge in [0.25, 0.3) is 5.91 Å². The van der Waals surface area contributed by atoms with E-state index in [1.807, 2.05) is 42.5 Å². The maximum Gasteiger partial charge on any atom is 0.264 e. The number of carbonyl (C=O) groups excluding carboxylic acids is 1. The maximum atomic E-state index is 12.1. The van der Waals surface area contributed by atoms with Gasteiger partial charge in [0.15, 0.2) is 11.7 Å². The molecule has 8 heteroatoms. The van der Waals surface area contributed by atoms with Gasteiger partial charge < -0.3 is 10.1 Å². The van der Waals surface area contributed by atoms with Gasteiger partial charge in [0.05, 0.1) is 15.2 Å². The number of anilines is 1. The molecule has 0 fully saturated rings.